The normalized spacial score (nSPS) is 28.3. The Labute approximate surface area is 128 Å². The molecule has 2 fully saturated rings. The SMILES string of the molecule is O=C(O)C1(c2ccc(NC3CCCC3)cc2)CC1(Cl)Cl. The van der Waals surface area contributed by atoms with Crippen LogP contribution in [0.4, 0.5) is 5.69 Å². The Hall–Kier alpha value is -0.930. The molecule has 2 aliphatic rings. The van der Waals surface area contributed by atoms with E-state index in [1.807, 2.05) is 24.3 Å². The number of hydrogen-bond acceptors (Lipinski definition) is 2. The molecule has 2 aliphatic carbocycles. The monoisotopic (exact) mass is 313 g/mol. The van der Waals surface area contributed by atoms with Gasteiger partial charge in [-0.3, -0.25) is 4.79 Å². The largest absolute Gasteiger partial charge is 0.480 e. The van der Waals surface area contributed by atoms with Crippen molar-refractivity contribution in [2.75, 3.05) is 5.32 Å². The minimum atomic E-state index is -1.20. The van der Waals surface area contributed by atoms with Gasteiger partial charge in [-0.1, -0.05) is 48.2 Å². The fourth-order valence-corrected chi connectivity index (χ4v) is 3.90. The van der Waals surface area contributed by atoms with Crippen LogP contribution >= 0.6 is 23.2 Å². The Morgan fingerprint density at radius 3 is 2.20 bits per heavy atom. The maximum atomic E-state index is 11.5. The minimum Gasteiger partial charge on any atom is -0.480 e. The summed E-state index contributed by atoms with van der Waals surface area (Å²) in [4.78, 5) is 11.5. The van der Waals surface area contributed by atoms with Crippen LogP contribution in [0.15, 0.2) is 24.3 Å². The van der Waals surface area contributed by atoms with Crippen LogP contribution < -0.4 is 5.32 Å². The van der Waals surface area contributed by atoms with Gasteiger partial charge >= 0.3 is 5.97 Å². The molecule has 2 saturated carbocycles. The molecule has 108 valence electrons. The summed E-state index contributed by atoms with van der Waals surface area (Å²) >= 11 is 12.1. The highest BCUT2D eigenvalue weighted by Crippen LogP contribution is 2.65. The molecule has 3 nitrogen and oxygen atoms in total. The number of halogens is 2. The lowest BCUT2D eigenvalue weighted by atomic mass is 9.96. The second kappa shape index (κ2) is 4.81. The number of benzene rings is 1. The van der Waals surface area contributed by atoms with Crippen molar-refractivity contribution >= 4 is 34.9 Å². The second-order valence-electron chi connectivity index (χ2n) is 5.79. The molecule has 3 rings (SSSR count). The van der Waals surface area contributed by atoms with E-state index in [4.69, 9.17) is 23.2 Å². The zero-order chi connectivity index (χ0) is 14.4. The molecular formula is C15H17Cl2NO2. The second-order valence-corrected chi connectivity index (χ2v) is 7.28. The standard InChI is InChI=1S/C15H17Cl2NO2/c16-15(17)9-14(15,13(19)20)10-5-7-12(8-6-10)18-11-3-1-2-4-11/h5-8,11,18H,1-4,9H2,(H,19,20). The van der Waals surface area contributed by atoms with Crippen LogP contribution in [-0.4, -0.2) is 21.5 Å². The summed E-state index contributed by atoms with van der Waals surface area (Å²) in [6.07, 6.45) is 5.21. The summed E-state index contributed by atoms with van der Waals surface area (Å²) in [5, 5.41) is 12.9. The minimum absolute atomic E-state index is 0.258. The highest BCUT2D eigenvalue weighted by molar-refractivity contribution is 6.54. The first-order valence-electron chi connectivity index (χ1n) is 6.94. The molecular weight excluding hydrogens is 297 g/mol. The molecule has 0 heterocycles. The van der Waals surface area contributed by atoms with Gasteiger partial charge in [-0.25, -0.2) is 0 Å². The number of nitrogens with one attached hydrogen (secondary N) is 1. The number of carboxylic acid groups (broad SMARTS) is 1. The summed E-state index contributed by atoms with van der Waals surface area (Å²) < 4.78 is -1.20. The Balaban J connectivity index is 1.77. The summed E-state index contributed by atoms with van der Waals surface area (Å²) in [5.74, 6) is -0.959. The molecule has 0 aromatic heterocycles. The predicted octanol–water partition coefficient (Wildman–Crippen LogP) is 3.94. The van der Waals surface area contributed by atoms with Gasteiger partial charge in [0, 0.05) is 18.2 Å². The molecule has 5 heteroatoms. The lowest BCUT2D eigenvalue weighted by molar-refractivity contribution is -0.140. The van der Waals surface area contributed by atoms with Crippen LogP contribution in [0, 0.1) is 0 Å². The molecule has 1 aromatic rings. The molecule has 0 bridgehead atoms. The highest BCUT2D eigenvalue weighted by Gasteiger charge is 2.72. The Bertz CT molecular complexity index is 523. The van der Waals surface area contributed by atoms with Gasteiger partial charge in [0.2, 0.25) is 0 Å². The number of rotatable bonds is 4. The number of aliphatic carboxylic acids is 1. The molecule has 20 heavy (non-hydrogen) atoms. The van der Waals surface area contributed by atoms with E-state index in [2.05, 4.69) is 5.32 Å². The molecule has 0 aliphatic heterocycles. The topological polar surface area (TPSA) is 49.3 Å². The summed E-state index contributed by atoms with van der Waals surface area (Å²) in [6, 6.07) is 8.01. The molecule has 0 spiro atoms. The van der Waals surface area contributed by atoms with Crippen molar-refractivity contribution in [1.29, 1.82) is 0 Å². The molecule has 2 N–H and O–H groups in total. The van der Waals surface area contributed by atoms with Crippen LogP contribution in [-0.2, 0) is 10.2 Å². The van der Waals surface area contributed by atoms with Crippen LogP contribution in [0.25, 0.3) is 0 Å². The Morgan fingerprint density at radius 2 is 1.75 bits per heavy atom. The van der Waals surface area contributed by atoms with Crippen LogP contribution in [0.1, 0.15) is 37.7 Å². The summed E-state index contributed by atoms with van der Waals surface area (Å²) in [6.45, 7) is 0. The Morgan fingerprint density at radius 1 is 1.20 bits per heavy atom. The van der Waals surface area contributed by atoms with E-state index in [1.165, 1.54) is 25.7 Å². The van der Waals surface area contributed by atoms with Crippen molar-refractivity contribution in [3.8, 4) is 0 Å². The van der Waals surface area contributed by atoms with Crippen molar-refractivity contribution in [2.24, 2.45) is 0 Å². The van der Waals surface area contributed by atoms with Gasteiger partial charge in [-0.05, 0) is 30.5 Å². The zero-order valence-corrected chi connectivity index (χ0v) is 12.5. The van der Waals surface area contributed by atoms with E-state index in [0.29, 0.717) is 11.6 Å². The number of carboxylic acids is 1. The average molecular weight is 314 g/mol. The number of anilines is 1. The quantitative estimate of drug-likeness (QED) is 0.828. The van der Waals surface area contributed by atoms with Crippen LogP contribution in [0.5, 0.6) is 0 Å². The fourth-order valence-electron chi connectivity index (χ4n) is 3.11. The lowest BCUT2D eigenvalue weighted by Crippen LogP contribution is -2.26. The molecule has 1 aromatic carbocycles. The smallest absolute Gasteiger partial charge is 0.317 e. The van der Waals surface area contributed by atoms with Crippen LogP contribution in [0.2, 0.25) is 0 Å². The Kier molecular flexibility index (Phi) is 3.38. The molecule has 0 saturated heterocycles. The van der Waals surface area contributed by atoms with Crippen molar-refractivity contribution < 1.29 is 9.90 Å². The maximum Gasteiger partial charge on any atom is 0.317 e. The molecule has 1 unspecified atom stereocenters. The van der Waals surface area contributed by atoms with Crippen LogP contribution in [0.3, 0.4) is 0 Å². The third kappa shape index (κ3) is 2.17. The van der Waals surface area contributed by atoms with Crippen molar-refractivity contribution in [1.82, 2.24) is 0 Å². The van der Waals surface area contributed by atoms with Gasteiger partial charge in [0.05, 0.1) is 0 Å². The fraction of sp³-hybridized carbons (Fsp3) is 0.533. The van der Waals surface area contributed by atoms with E-state index < -0.39 is 15.7 Å². The molecule has 0 amide bonds. The van der Waals surface area contributed by atoms with E-state index in [0.717, 1.165) is 5.69 Å². The van der Waals surface area contributed by atoms with Gasteiger partial charge < -0.3 is 10.4 Å². The van der Waals surface area contributed by atoms with Crippen molar-refractivity contribution in [2.45, 2.75) is 47.9 Å². The number of carbonyl (C=O) groups is 1. The van der Waals surface area contributed by atoms with E-state index >= 15 is 0 Å². The zero-order valence-electron chi connectivity index (χ0n) is 11.0. The van der Waals surface area contributed by atoms with E-state index in [-0.39, 0.29) is 6.42 Å². The van der Waals surface area contributed by atoms with Crippen molar-refractivity contribution in [3.63, 3.8) is 0 Å². The van der Waals surface area contributed by atoms with E-state index in [9.17, 15) is 9.90 Å². The maximum absolute atomic E-state index is 11.5. The lowest BCUT2D eigenvalue weighted by Gasteiger charge is -2.16. The van der Waals surface area contributed by atoms with Crippen molar-refractivity contribution in [3.05, 3.63) is 29.8 Å². The van der Waals surface area contributed by atoms with Gasteiger partial charge in [-0.15, -0.1) is 0 Å². The predicted molar refractivity (Wildman–Crippen MR) is 80.7 cm³/mol. The first-order chi connectivity index (χ1) is 9.46. The van der Waals surface area contributed by atoms with Gasteiger partial charge in [0.15, 0.2) is 0 Å². The van der Waals surface area contributed by atoms with E-state index in [1.54, 1.807) is 0 Å². The van der Waals surface area contributed by atoms with Gasteiger partial charge in [0.25, 0.3) is 0 Å². The third-order valence-electron chi connectivity index (χ3n) is 4.46. The number of hydrogen-bond donors (Lipinski definition) is 2. The molecule has 0 radical (unpaired) electrons. The van der Waals surface area contributed by atoms with Gasteiger partial charge in [-0.2, -0.15) is 0 Å². The molecule has 1 atom stereocenters. The summed E-state index contributed by atoms with van der Waals surface area (Å²) in [7, 11) is 0. The number of alkyl halides is 2. The highest BCUT2D eigenvalue weighted by atomic mass is 35.5. The first kappa shape index (κ1) is 14.0. The third-order valence-corrected chi connectivity index (χ3v) is 5.37. The van der Waals surface area contributed by atoms with Gasteiger partial charge in [0.1, 0.15) is 9.75 Å². The first-order valence-corrected chi connectivity index (χ1v) is 7.70. The average Bonchev–Trinajstić information content (AvgIpc) is 2.75. The summed E-state index contributed by atoms with van der Waals surface area (Å²) in [5.41, 5.74) is 0.547.